The minimum atomic E-state index is -0.696. The smallest absolute Gasteiger partial charge is 0.309 e. The molecule has 1 aliphatic carbocycles. The number of para-hydroxylation sites is 1. The third-order valence-corrected chi connectivity index (χ3v) is 5.91. The third kappa shape index (κ3) is 5.78. The Bertz CT molecular complexity index is 910. The van der Waals surface area contributed by atoms with Crippen LogP contribution in [0.1, 0.15) is 56.4 Å². The predicted octanol–water partition coefficient (Wildman–Crippen LogP) is 4.57. The topological polar surface area (TPSA) is 95.0 Å². The molecule has 0 amide bonds. The van der Waals surface area contributed by atoms with Crippen LogP contribution in [0.5, 0.6) is 17.2 Å². The molecule has 1 fully saturated rings. The molecule has 0 aliphatic heterocycles. The molecule has 2 aromatic rings. The van der Waals surface area contributed by atoms with Crippen molar-refractivity contribution >= 4 is 11.8 Å². The van der Waals surface area contributed by atoms with Crippen molar-refractivity contribution in [2.45, 2.75) is 58.2 Å². The molecule has 7 heteroatoms. The van der Waals surface area contributed by atoms with Gasteiger partial charge in [0.1, 0.15) is 18.0 Å². The van der Waals surface area contributed by atoms with Crippen LogP contribution in [0.4, 0.5) is 0 Å². The molecule has 0 saturated heterocycles. The molecule has 1 aromatic carbocycles. The number of carbonyl (C=O) groups excluding carboxylic acids is 2. The van der Waals surface area contributed by atoms with Gasteiger partial charge in [0.25, 0.3) is 0 Å². The van der Waals surface area contributed by atoms with E-state index in [4.69, 9.17) is 14.2 Å². The SMILES string of the molecule is COc1ccnc(C(=O)C[C@@H](C)C(=O)O[C@@H](C)[C@H](Oc2ccccc2)C2CCCC2)c1O. The van der Waals surface area contributed by atoms with Crippen molar-refractivity contribution in [1.29, 1.82) is 0 Å². The second kappa shape index (κ2) is 11.0. The van der Waals surface area contributed by atoms with Gasteiger partial charge in [-0.05, 0) is 37.8 Å². The lowest BCUT2D eigenvalue weighted by Gasteiger charge is -2.30. The second-order valence-electron chi connectivity index (χ2n) is 8.32. The van der Waals surface area contributed by atoms with Crippen molar-refractivity contribution < 1.29 is 28.9 Å². The summed E-state index contributed by atoms with van der Waals surface area (Å²) in [5, 5.41) is 10.1. The van der Waals surface area contributed by atoms with Crippen LogP contribution in [-0.4, -0.2) is 41.2 Å². The summed E-state index contributed by atoms with van der Waals surface area (Å²) in [6.45, 7) is 3.47. The summed E-state index contributed by atoms with van der Waals surface area (Å²) >= 11 is 0. The zero-order chi connectivity index (χ0) is 23.1. The first-order valence-electron chi connectivity index (χ1n) is 11.1. The van der Waals surface area contributed by atoms with Crippen molar-refractivity contribution in [2.24, 2.45) is 11.8 Å². The number of Topliss-reactive ketones (excluding diaryl/α,β-unsaturated/α-hetero) is 1. The van der Waals surface area contributed by atoms with Gasteiger partial charge in [-0.15, -0.1) is 0 Å². The molecule has 3 rings (SSSR count). The average Bonchev–Trinajstić information content (AvgIpc) is 3.32. The fraction of sp³-hybridized carbons (Fsp3) is 0.480. The van der Waals surface area contributed by atoms with E-state index in [1.54, 1.807) is 6.92 Å². The lowest BCUT2D eigenvalue weighted by atomic mass is 9.96. The number of aromatic nitrogens is 1. The van der Waals surface area contributed by atoms with Crippen LogP contribution in [0.15, 0.2) is 42.6 Å². The zero-order valence-electron chi connectivity index (χ0n) is 18.8. The van der Waals surface area contributed by atoms with Gasteiger partial charge < -0.3 is 19.3 Å². The van der Waals surface area contributed by atoms with Gasteiger partial charge in [-0.2, -0.15) is 0 Å². The number of nitrogens with zero attached hydrogens (tertiary/aromatic N) is 1. The molecule has 0 unspecified atom stereocenters. The first-order chi connectivity index (χ1) is 15.4. The summed E-state index contributed by atoms with van der Waals surface area (Å²) in [5.74, 6) is -0.739. The van der Waals surface area contributed by atoms with Crippen LogP contribution in [0.2, 0.25) is 0 Å². The van der Waals surface area contributed by atoms with Gasteiger partial charge in [-0.1, -0.05) is 38.0 Å². The summed E-state index contributed by atoms with van der Waals surface area (Å²) in [4.78, 5) is 29.3. The van der Waals surface area contributed by atoms with Crippen molar-refractivity contribution in [3.63, 3.8) is 0 Å². The number of methoxy groups -OCH3 is 1. The maximum Gasteiger partial charge on any atom is 0.309 e. The predicted molar refractivity (Wildman–Crippen MR) is 119 cm³/mol. The summed E-state index contributed by atoms with van der Waals surface area (Å²) < 4.78 is 17.0. The van der Waals surface area contributed by atoms with Gasteiger partial charge in [0.15, 0.2) is 23.0 Å². The van der Waals surface area contributed by atoms with Gasteiger partial charge in [0.2, 0.25) is 0 Å². The molecule has 1 N–H and O–H groups in total. The van der Waals surface area contributed by atoms with Crippen LogP contribution in [0.25, 0.3) is 0 Å². The maximum absolute atomic E-state index is 12.8. The van der Waals surface area contributed by atoms with Crippen LogP contribution < -0.4 is 9.47 Å². The molecule has 172 valence electrons. The lowest BCUT2D eigenvalue weighted by Crippen LogP contribution is -2.40. The highest BCUT2D eigenvalue weighted by molar-refractivity contribution is 5.99. The van der Waals surface area contributed by atoms with Gasteiger partial charge in [0, 0.05) is 18.7 Å². The number of ether oxygens (including phenoxy) is 3. The number of hydrogen-bond donors (Lipinski definition) is 1. The molecule has 0 spiro atoms. The maximum atomic E-state index is 12.8. The van der Waals surface area contributed by atoms with Crippen LogP contribution in [-0.2, 0) is 9.53 Å². The molecule has 1 heterocycles. The number of pyridine rings is 1. The van der Waals surface area contributed by atoms with E-state index in [0.717, 1.165) is 31.4 Å². The molecule has 1 aliphatic rings. The quantitative estimate of drug-likeness (QED) is 0.426. The normalized spacial score (nSPS) is 16.7. The first-order valence-corrected chi connectivity index (χ1v) is 11.1. The van der Waals surface area contributed by atoms with Gasteiger partial charge in [-0.25, -0.2) is 4.98 Å². The number of aromatic hydroxyl groups is 1. The van der Waals surface area contributed by atoms with Crippen molar-refractivity contribution in [3.05, 3.63) is 48.3 Å². The molecule has 1 aromatic heterocycles. The number of ketones is 1. The zero-order valence-corrected chi connectivity index (χ0v) is 18.8. The highest BCUT2D eigenvalue weighted by Crippen LogP contribution is 2.33. The average molecular weight is 442 g/mol. The summed E-state index contributed by atoms with van der Waals surface area (Å²) in [6.07, 6.45) is 4.88. The molecule has 0 radical (unpaired) electrons. The van der Waals surface area contributed by atoms with E-state index >= 15 is 0 Å². The second-order valence-corrected chi connectivity index (χ2v) is 8.32. The number of hydrogen-bond acceptors (Lipinski definition) is 7. The largest absolute Gasteiger partial charge is 0.503 e. The van der Waals surface area contributed by atoms with Gasteiger partial charge in [0.05, 0.1) is 13.0 Å². The fourth-order valence-corrected chi connectivity index (χ4v) is 4.15. The monoisotopic (exact) mass is 441 g/mol. The van der Waals surface area contributed by atoms with Crippen molar-refractivity contribution in [2.75, 3.05) is 7.11 Å². The van der Waals surface area contributed by atoms with E-state index in [1.165, 1.54) is 19.4 Å². The lowest BCUT2D eigenvalue weighted by molar-refractivity contribution is -0.158. The Labute approximate surface area is 188 Å². The minimum absolute atomic E-state index is 0.117. The Morgan fingerprint density at radius 1 is 1.12 bits per heavy atom. The van der Waals surface area contributed by atoms with E-state index in [-0.39, 0.29) is 29.7 Å². The number of benzene rings is 1. The molecular weight excluding hydrogens is 410 g/mol. The molecule has 32 heavy (non-hydrogen) atoms. The molecular formula is C25H31NO6. The molecule has 7 nitrogen and oxygen atoms in total. The van der Waals surface area contributed by atoms with Crippen molar-refractivity contribution in [1.82, 2.24) is 4.98 Å². The highest BCUT2D eigenvalue weighted by Gasteiger charge is 2.34. The number of esters is 1. The molecule has 3 atom stereocenters. The first kappa shape index (κ1) is 23.6. The van der Waals surface area contributed by atoms with E-state index in [9.17, 15) is 14.7 Å². The summed E-state index contributed by atoms with van der Waals surface area (Å²) in [7, 11) is 1.39. The Morgan fingerprint density at radius 3 is 2.47 bits per heavy atom. The van der Waals surface area contributed by atoms with Gasteiger partial charge >= 0.3 is 5.97 Å². The Kier molecular flexibility index (Phi) is 8.09. The standard InChI is InChI=1S/C25H31NO6/c1-16(15-20(27)22-23(28)21(30-3)13-14-26-22)25(29)31-17(2)24(18-9-7-8-10-18)32-19-11-5-4-6-12-19/h4-6,11-14,16-18,24,28H,7-10,15H2,1-3H3/t16-,17+,24+/m1/s1. The summed E-state index contributed by atoms with van der Waals surface area (Å²) in [5.41, 5.74) is -0.117. The Morgan fingerprint density at radius 2 is 1.81 bits per heavy atom. The highest BCUT2D eigenvalue weighted by atomic mass is 16.6. The number of carbonyl (C=O) groups is 2. The molecule has 0 bridgehead atoms. The Balaban J connectivity index is 1.63. The fourth-order valence-electron chi connectivity index (χ4n) is 4.15. The summed E-state index contributed by atoms with van der Waals surface area (Å²) in [6, 6.07) is 11.0. The third-order valence-electron chi connectivity index (χ3n) is 5.91. The van der Waals surface area contributed by atoms with Crippen molar-refractivity contribution in [3.8, 4) is 17.2 Å². The van der Waals surface area contributed by atoms with Crippen LogP contribution in [0, 0.1) is 11.8 Å². The van der Waals surface area contributed by atoms with E-state index in [0.29, 0.717) is 5.92 Å². The van der Waals surface area contributed by atoms with E-state index in [1.807, 2.05) is 37.3 Å². The minimum Gasteiger partial charge on any atom is -0.503 e. The van der Waals surface area contributed by atoms with E-state index in [2.05, 4.69) is 4.98 Å². The number of rotatable bonds is 10. The van der Waals surface area contributed by atoms with Crippen LogP contribution >= 0.6 is 0 Å². The van der Waals surface area contributed by atoms with Gasteiger partial charge in [-0.3, -0.25) is 9.59 Å². The molecule has 1 saturated carbocycles. The Hall–Kier alpha value is -3.09. The van der Waals surface area contributed by atoms with E-state index < -0.39 is 23.8 Å². The van der Waals surface area contributed by atoms with Crippen LogP contribution in [0.3, 0.4) is 0 Å².